The molecular weight excluding hydrogens is 232 g/mol. The predicted molar refractivity (Wildman–Crippen MR) is 65.2 cm³/mol. The van der Waals surface area contributed by atoms with E-state index in [0.29, 0.717) is 30.5 Å². The van der Waals surface area contributed by atoms with Crippen molar-refractivity contribution in [3.8, 4) is 0 Å². The number of aryl methyl sites for hydroxylation is 1. The lowest BCUT2D eigenvalue weighted by Gasteiger charge is -2.19. The van der Waals surface area contributed by atoms with Crippen LogP contribution < -0.4 is 0 Å². The lowest BCUT2D eigenvalue weighted by molar-refractivity contribution is -0.137. The van der Waals surface area contributed by atoms with Gasteiger partial charge in [-0.2, -0.15) is 0 Å². The van der Waals surface area contributed by atoms with Crippen molar-refractivity contribution in [1.29, 1.82) is 0 Å². The van der Waals surface area contributed by atoms with Gasteiger partial charge < -0.3 is 9.52 Å². The van der Waals surface area contributed by atoms with E-state index < -0.39 is 5.97 Å². The van der Waals surface area contributed by atoms with E-state index in [-0.39, 0.29) is 6.42 Å². The number of hydrogen-bond acceptors (Lipinski definition) is 4. The Labute approximate surface area is 107 Å². The average molecular weight is 252 g/mol. The molecule has 0 bridgehead atoms. The molecule has 1 aromatic heterocycles. The van der Waals surface area contributed by atoms with E-state index in [0.717, 1.165) is 6.42 Å². The summed E-state index contributed by atoms with van der Waals surface area (Å²) in [6.45, 7) is 0. The van der Waals surface area contributed by atoms with Crippen molar-refractivity contribution < 1.29 is 14.3 Å². The van der Waals surface area contributed by atoms with Crippen molar-refractivity contribution in [2.45, 2.75) is 57.8 Å². The molecule has 1 N–H and O–H groups in total. The maximum atomic E-state index is 10.4. The smallest absolute Gasteiger partial charge is 0.303 e. The van der Waals surface area contributed by atoms with Crippen molar-refractivity contribution >= 4 is 5.97 Å². The molecule has 0 aliphatic heterocycles. The first-order valence-corrected chi connectivity index (χ1v) is 6.77. The molecule has 0 unspecified atom stereocenters. The molecule has 0 atom stereocenters. The molecular formula is C13H20N2O3. The molecule has 1 heterocycles. The molecule has 1 aliphatic rings. The summed E-state index contributed by atoms with van der Waals surface area (Å²) in [7, 11) is 0. The van der Waals surface area contributed by atoms with Crippen molar-refractivity contribution in [3.63, 3.8) is 0 Å². The van der Waals surface area contributed by atoms with Crippen molar-refractivity contribution in [3.05, 3.63) is 11.8 Å². The molecule has 0 amide bonds. The Morgan fingerprint density at radius 2 is 1.94 bits per heavy atom. The molecule has 2 rings (SSSR count). The molecule has 0 saturated heterocycles. The van der Waals surface area contributed by atoms with Gasteiger partial charge in [0, 0.05) is 19.3 Å². The summed E-state index contributed by atoms with van der Waals surface area (Å²) in [5, 5.41) is 16.6. The SMILES string of the molecule is O=C(O)CCCc1nnc(CC2CCCCC2)o1. The largest absolute Gasteiger partial charge is 0.481 e. The van der Waals surface area contributed by atoms with Gasteiger partial charge in [-0.15, -0.1) is 10.2 Å². The van der Waals surface area contributed by atoms with Crippen molar-refractivity contribution in [2.75, 3.05) is 0 Å². The van der Waals surface area contributed by atoms with Gasteiger partial charge in [0.05, 0.1) is 0 Å². The maximum Gasteiger partial charge on any atom is 0.303 e. The predicted octanol–water partition coefficient (Wildman–Crippen LogP) is 2.60. The molecule has 1 aliphatic carbocycles. The summed E-state index contributed by atoms with van der Waals surface area (Å²) in [6.07, 6.45) is 8.64. The third kappa shape index (κ3) is 4.13. The highest BCUT2D eigenvalue weighted by Gasteiger charge is 2.17. The number of rotatable bonds is 6. The van der Waals surface area contributed by atoms with Gasteiger partial charge in [0.2, 0.25) is 11.8 Å². The van der Waals surface area contributed by atoms with Gasteiger partial charge >= 0.3 is 5.97 Å². The van der Waals surface area contributed by atoms with Gasteiger partial charge in [0.25, 0.3) is 0 Å². The zero-order chi connectivity index (χ0) is 12.8. The molecule has 1 aromatic rings. The Morgan fingerprint density at radius 3 is 2.67 bits per heavy atom. The van der Waals surface area contributed by atoms with E-state index in [4.69, 9.17) is 9.52 Å². The van der Waals surface area contributed by atoms with Gasteiger partial charge in [0.15, 0.2) is 0 Å². The molecule has 1 saturated carbocycles. The van der Waals surface area contributed by atoms with Gasteiger partial charge in [-0.3, -0.25) is 4.79 Å². The first-order chi connectivity index (χ1) is 8.74. The summed E-state index contributed by atoms with van der Waals surface area (Å²) in [6, 6.07) is 0. The Bertz CT molecular complexity index is 383. The van der Waals surface area contributed by atoms with E-state index in [1.54, 1.807) is 0 Å². The van der Waals surface area contributed by atoms with Crippen LogP contribution in [0, 0.1) is 5.92 Å². The van der Waals surface area contributed by atoms with Gasteiger partial charge in [-0.25, -0.2) is 0 Å². The third-order valence-electron chi connectivity index (χ3n) is 3.48. The zero-order valence-corrected chi connectivity index (χ0v) is 10.6. The normalized spacial score (nSPS) is 16.9. The van der Waals surface area contributed by atoms with Crippen molar-refractivity contribution in [2.24, 2.45) is 5.92 Å². The van der Waals surface area contributed by atoms with Crippen LogP contribution in [0.5, 0.6) is 0 Å². The fourth-order valence-electron chi connectivity index (χ4n) is 2.50. The summed E-state index contributed by atoms with van der Waals surface area (Å²) < 4.78 is 5.55. The molecule has 5 heteroatoms. The van der Waals surface area contributed by atoms with Crippen LogP contribution in [-0.2, 0) is 17.6 Å². The molecule has 0 aromatic carbocycles. The van der Waals surface area contributed by atoms with Gasteiger partial charge in [-0.1, -0.05) is 19.3 Å². The molecule has 18 heavy (non-hydrogen) atoms. The van der Waals surface area contributed by atoms with E-state index in [1.807, 2.05) is 0 Å². The molecule has 5 nitrogen and oxygen atoms in total. The van der Waals surface area contributed by atoms with E-state index in [1.165, 1.54) is 32.1 Å². The molecule has 1 fully saturated rings. The van der Waals surface area contributed by atoms with Crippen molar-refractivity contribution in [1.82, 2.24) is 10.2 Å². The maximum absolute atomic E-state index is 10.4. The fourth-order valence-corrected chi connectivity index (χ4v) is 2.50. The summed E-state index contributed by atoms with van der Waals surface area (Å²) in [5.41, 5.74) is 0. The van der Waals surface area contributed by atoms with Crippen LogP contribution in [0.4, 0.5) is 0 Å². The van der Waals surface area contributed by atoms with E-state index >= 15 is 0 Å². The van der Waals surface area contributed by atoms with Gasteiger partial charge in [0.1, 0.15) is 0 Å². The fraction of sp³-hybridized carbons (Fsp3) is 0.769. The highest BCUT2D eigenvalue weighted by atomic mass is 16.4. The van der Waals surface area contributed by atoms with Crippen LogP contribution in [0.3, 0.4) is 0 Å². The second-order valence-electron chi connectivity index (χ2n) is 5.04. The summed E-state index contributed by atoms with van der Waals surface area (Å²) >= 11 is 0. The minimum absolute atomic E-state index is 0.153. The van der Waals surface area contributed by atoms with Crippen LogP contribution in [0.2, 0.25) is 0 Å². The number of carboxylic acid groups (broad SMARTS) is 1. The Morgan fingerprint density at radius 1 is 1.22 bits per heavy atom. The molecule has 0 radical (unpaired) electrons. The minimum Gasteiger partial charge on any atom is -0.481 e. The van der Waals surface area contributed by atoms with E-state index in [2.05, 4.69) is 10.2 Å². The average Bonchev–Trinajstić information content (AvgIpc) is 2.78. The Balaban J connectivity index is 1.76. The number of carboxylic acids is 1. The van der Waals surface area contributed by atoms with E-state index in [9.17, 15) is 4.79 Å². The monoisotopic (exact) mass is 252 g/mol. The highest BCUT2D eigenvalue weighted by molar-refractivity contribution is 5.66. The van der Waals surface area contributed by atoms with Crippen LogP contribution >= 0.6 is 0 Å². The quantitative estimate of drug-likeness (QED) is 0.842. The number of aromatic nitrogens is 2. The second-order valence-corrected chi connectivity index (χ2v) is 5.04. The number of hydrogen-bond donors (Lipinski definition) is 1. The lowest BCUT2D eigenvalue weighted by atomic mass is 9.87. The third-order valence-corrected chi connectivity index (χ3v) is 3.48. The highest BCUT2D eigenvalue weighted by Crippen LogP contribution is 2.26. The number of nitrogens with zero attached hydrogens (tertiary/aromatic N) is 2. The van der Waals surface area contributed by atoms with Crippen LogP contribution in [0.25, 0.3) is 0 Å². The number of carbonyl (C=O) groups is 1. The topological polar surface area (TPSA) is 76.2 Å². The molecule has 100 valence electrons. The zero-order valence-electron chi connectivity index (χ0n) is 10.6. The first-order valence-electron chi connectivity index (χ1n) is 6.77. The summed E-state index contributed by atoms with van der Waals surface area (Å²) in [4.78, 5) is 10.4. The Kier molecular flexibility index (Phi) is 4.73. The van der Waals surface area contributed by atoms with Crippen LogP contribution in [0.1, 0.15) is 56.7 Å². The van der Waals surface area contributed by atoms with Crippen LogP contribution in [-0.4, -0.2) is 21.3 Å². The minimum atomic E-state index is -0.781. The second kappa shape index (κ2) is 6.52. The molecule has 0 spiro atoms. The lowest BCUT2D eigenvalue weighted by Crippen LogP contribution is -2.09. The number of aliphatic carboxylic acids is 1. The first kappa shape index (κ1) is 13.1. The van der Waals surface area contributed by atoms with Gasteiger partial charge in [-0.05, 0) is 25.2 Å². The van der Waals surface area contributed by atoms with Crippen LogP contribution in [0.15, 0.2) is 4.42 Å². The standard InChI is InChI=1S/C13H20N2O3/c16-13(17)8-4-7-11-14-15-12(18-11)9-10-5-2-1-3-6-10/h10H,1-9H2,(H,16,17). The summed E-state index contributed by atoms with van der Waals surface area (Å²) in [5.74, 6) is 1.19. The Hall–Kier alpha value is -1.39.